The number of alkyl halides is 4. The molecule has 4 atom stereocenters. The number of carbonyl (C=O) groups excluding carboxylic acids is 2. The van der Waals surface area contributed by atoms with Crippen molar-refractivity contribution in [1.29, 1.82) is 0 Å². The van der Waals surface area contributed by atoms with Crippen LogP contribution < -0.4 is 0 Å². The highest BCUT2D eigenvalue weighted by Gasteiger charge is 2.57. The Bertz CT molecular complexity index is 1920. The zero-order chi connectivity index (χ0) is 43.0. The lowest BCUT2D eigenvalue weighted by Gasteiger charge is -2.50. The van der Waals surface area contributed by atoms with Gasteiger partial charge in [0.15, 0.2) is 11.6 Å². The fourth-order valence-corrected chi connectivity index (χ4v) is 8.85. The van der Waals surface area contributed by atoms with Gasteiger partial charge < -0.3 is 10.2 Å². The van der Waals surface area contributed by atoms with Crippen LogP contribution in [0.25, 0.3) is 22.3 Å². The molecule has 2 aliphatic heterocycles. The van der Waals surface area contributed by atoms with E-state index in [0.717, 1.165) is 50.7 Å². The van der Waals surface area contributed by atoms with Crippen molar-refractivity contribution in [3.63, 3.8) is 0 Å². The summed E-state index contributed by atoms with van der Waals surface area (Å²) in [6.07, 6.45) is -2.65. The highest BCUT2D eigenvalue weighted by atomic mass is 19.3. The first-order chi connectivity index (χ1) is 28.1. The van der Waals surface area contributed by atoms with E-state index in [1.807, 2.05) is 36.4 Å². The number of Topliss-reactive ketones (excluding diaryl/α,β-unsaturated/α-hetero) is 2. The summed E-state index contributed by atoms with van der Waals surface area (Å²) in [5.74, 6) is -0.0482. The van der Waals surface area contributed by atoms with Crippen molar-refractivity contribution in [3.05, 3.63) is 120 Å². The fraction of sp³-hybridized carbons (Fsp3) is 0.469. The summed E-state index contributed by atoms with van der Waals surface area (Å²) in [7, 11) is 0. The van der Waals surface area contributed by atoms with Crippen molar-refractivity contribution < 1.29 is 37.4 Å². The average Bonchev–Trinajstić information content (AvgIpc) is 3.26. The number of piperidine rings is 2. The number of benzene rings is 4. The van der Waals surface area contributed by atoms with Gasteiger partial charge in [0.2, 0.25) is 0 Å². The van der Waals surface area contributed by atoms with Crippen LogP contribution in [0.2, 0.25) is 0 Å². The Morgan fingerprint density at radius 1 is 0.593 bits per heavy atom. The van der Waals surface area contributed by atoms with Gasteiger partial charge in [0.05, 0.1) is 0 Å². The lowest BCUT2D eigenvalue weighted by Crippen LogP contribution is -2.69. The highest BCUT2D eigenvalue weighted by molar-refractivity contribution is 5.89. The molecule has 0 radical (unpaired) electrons. The van der Waals surface area contributed by atoms with E-state index in [1.54, 1.807) is 23.6 Å². The van der Waals surface area contributed by atoms with Gasteiger partial charge in [-0.3, -0.25) is 19.4 Å². The molecule has 0 aliphatic carbocycles. The maximum atomic E-state index is 13.7. The molecule has 2 saturated heterocycles. The molecule has 6 rings (SSSR count). The largest absolute Gasteiger partial charge is 0.382 e. The molecule has 2 N–H and O–H groups in total. The topological polar surface area (TPSA) is 81.1 Å². The maximum Gasteiger partial charge on any atom is 0.268 e. The van der Waals surface area contributed by atoms with Gasteiger partial charge in [-0.05, 0) is 118 Å². The molecule has 0 amide bonds. The molecule has 6 nitrogen and oxygen atoms in total. The van der Waals surface area contributed by atoms with E-state index < -0.39 is 35.6 Å². The van der Waals surface area contributed by atoms with Gasteiger partial charge in [0.25, 0.3) is 12.9 Å². The molecule has 0 spiro atoms. The van der Waals surface area contributed by atoms with Crippen molar-refractivity contribution in [2.45, 2.75) is 121 Å². The van der Waals surface area contributed by atoms with E-state index >= 15 is 0 Å². The van der Waals surface area contributed by atoms with Gasteiger partial charge in [-0.15, -0.1) is 0 Å². The van der Waals surface area contributed by atoms with Crippen LogP contribution in [0.5, 0.6) is 0 Å². The van der Waals surface area contributed by atoms with E-state index in [-0.39, 0.29) is 24.4 Å². The Morgan fingerprint density at radius 3 is 1.34 bits per heavy atom. The van der Waals surface area contributed by atoms with Crippen molar-refractivity contribution in [1.82, 2.24) is 9.80 Å². The normalized spacial score (nSPS) is 19.5. The van der Waals surface area contributed by atoms with E-state index in [1.165, 1.54) is 29.2 Å². The van der Waals surface area contributed by atoms with Crippen molar-refractivity contribution in [2.75, 3.05) is 26.2 Å². The number of ketones is 2. The van der Waals surface area contributed by atoms with Gasteiger partial charge in [-0.2, -0.15) is 0 Å². The summed E-state index contributed by atoms with van der Waals surface area (Å²) in [5.41, 5.74) is 0.770. The molecule has 0 aromatic heterocycles. The second-order valence-electron chi connectivity index (χ2n) is 16.6. The van der Waals surface area contributed by atoms with Crippen molar-refractivity contribution in [2.24, 2.45) is 0 Å². The van der Waals surface area contributed by atoms with Gasteiger partial charge in [-0.1, -0.05) is 123 Å². The smallest absolute Gasteiger partial charge is 0.268 e. The van der Waals surface area contributed by atoms with Crippen LogP contribution in [-0.2, 0) is 9.59 Å². The number of hydrogen-bond donors (Lipinski definition) is 2. The molecule has 4 aromatic rings. The second kappa shape index (κ2) is 19.9. The summed E-state index contributed by atoms with van der Waals surface area (Å²) in [6, 6.07) is 36.2. The van der Waals surface area contributed by atoms with Crippen molar-refractivity contribution >= 4 is 11.6 Å². The number of halogens is 4. The average molecular weight is 817 g/mol. The van der Waals surface area contributed by atoms with Gasteiger partial charge in [0, 0.05) is 12.8 Å². The monoisotopic (exact) mass is 816 g/mol. The molecule has 0 bridgehead atoms. The number of rotatable bonds is 14. The van der Waals surface area contributed by atoms with Crippen LogP contribution in [-0.4, -0.2) is 93.4 Å². The van der Waals surface area contributed by atoms with Crippen LogP contribution >= 0.6 is 0 Å². The third-order valence-corrected chi connectivity index (χ3v) is 12.9. The first kappa shape index (κ1) is 45.9. The Kier molecular flexibility index (Phi) is 15.5. The number of aliphatic hydroxyl groups is 2. The molecule has 318 valence electrons. The standard InChI is InChI=1S/C25H31F2NO2.C24H29F2NO2/c1-4-22(29)24(2,25(3,30)23(26)27)28-16-14-21(15-17-28)20-12-10-19(11-13-20)18-8-6-5-7-9-18;1-3-21(28)22(24(2,29)23(25)26)27-15-13-20(14-16-27)19-11-9-18(10-12-19)17-7-5-4-6-8-17/h5-13,21,23,30H,4,14-17H2,1-3H3;4-12,20,22-23,29H,3,13-16H2,1-2H3. The summed E-state index contributed by atoms with van der Waals surface area (Å²) >= 11 is 0. The Balaban J connectivity index is 0.000000224. The van der Waals surface area contributed by atoms with E-state index in [0.29, 0.717) is 38.0 Å². The third kappa shape index (κ3) is 10.2. The first-order valence-corrected chi connectivity index (χ1v) is 20.9. The molecule has 2 heterocycles. The predicted octanol–water partition coefficient (Wildman–Crippen LogP) is 10.2. The van der Waals surface area contributed by atoms with Gasteiger partial charge in [0.1, 0.15) is 22.8 Å². The second-order valence-corrected chi connectivity index (χ2v) is 16.6. The molecule has 2 fully saturated rings. The van der Waals surface area contributed by atoms with E-state index in [4.69, 9.17) is 0 Å². The number of carbonyl (C=O) groups is 2. The lowest BCUT2D eigenvalue weighted by atomic mass is 9.75. The molecular weight excluding hydrogens is 757 g/mol. The molecule has 2 aliphatic rings. The molecule has 59 heavy (non-hydrogen) atoms. The van der Waals surface area contributed by atoms with Gasteiger partial charge >= 0.3 is 0 Å². The summed E-state index contributed by atoms with van der Waals surface area (Å²) in [5, 5.41) is 20.9. The van der Waals surface area contributed by atoms with Crippen molar-refractivity contribution in [3.8, 4) is 22.3 Å². The van der Waals surface area contributed by atoms with Crippen LogP contribution in [0.1, 0.15) is 96.1 Å². The Morgan fingerprint density at radius 2 is 0.983 bits per heavy atom. The molecular formula is C49H60F4N2O4. The Labute approximate surface area is 347 Å². The molecule has 0 saturated carbocycles. The minimum Gasteiger partial charge on any atom is -0.382 e. The maximum absolute atomic E-state index is 13.7. The molecule has 4 aromatic carbocycles. The summed E-state index contributed by atoms with van der Waals surface area (Å²) in [6.45, 7) is 8.96. The predicted molar refractivity (Wildman–Crippen MR) is 227 cm³/mol. The zero-order valence-electron chi connectivity index (χ0n) is 35.0. The number of nitrogens with zero attached hydrogens (tertiary/aromatic N) is 2. The Hall–Kier alpha value is -4.22. The minimum absolute atomic E-state index is 0.111. The molecule has 10 heteroatoms. The first-order valence-electron chi connectivity index (χ1n) is 20.9. The minimum atomic E-state index is -3.00. The van der Waals surface area contributed by atoms with Crippen LogP contribution in [0.15, 0.2) is 109 Å². The van der Waals surface area contributed by atoms with Crippen LogP contribution in [0.3, 0.4) is 0 Å². The zero-order valence-corrected chi connectivity index (χ0v) is 35.0. The van der Waals surface area contributed by atoms with E-state index in [9.17, 15) is 37.4 Å². The third-order valence-electron chi connectivity index (χ3n) is 12.9. The molecule has 4 unspecified atom stereocenters. The number of likely N-dealkylation sites (tertiary alicyclic amines) is 2. The van der Waals surface area contributed by atoms with Gasteiger partial charge in [-0.25, -0.2) is 17.6 Å². The van der Waals surface area contributed by atoms with E-state index in [2.05, 4.69) is 72.8 Å². The SMILES string of the molecule is CCC(=O)C(C)(N1CCC(c2ccc(-c3ccccc3)cc2)CC1)C(C)(O)C(F)F.CCC(=O)C(N1CCC(c2ccc(-c3ccccc3)cc2)CC1)C(C)(O)C(F)F. The summed E-state index contributed by atoms with van der Waals surface area (Å²) < 4.78 is 54.1. The highest BCUT2D eigenvalue weighted by Crippen LogP contribution is 2.40. The fourth-order valence-electron chi connectivity index (χ4n) is 8.85. The number of hydrogen-bond acceptors (Lipinski definition) is 6. The van der Waals surface area contributed by atoms with Crippen LogP contribution in [0, 0.1) is 0 Å². The summed E-state index contributed by atoms with van der Waals surface area (Å²) in [4.78, 5) is 28.5. The quantitative estimate of drug-likeness (QED) is 0.123. The lowest BCUT2D eigenvalue weighted by molar-refractivity contribution is -0.184. The van der Waals surface area contributed by atoms with Crippen LogP contribution in [0.4, 0.5) is 17.6 Å².